The fourth-order valence-corrected chi connectivity index (χ4v) is 3.01. The van der Waals surface area contributed by atoms with E-state index in [9.17, 15) is 0 Å². The summed E-state index contributed by atoms with van der Waals surface area (Å²) in [5.74, 6) is 0. The third kappa shape index (κ3) is 4.26. The zero-order valence-corrected chi connectivity index (χ0v) is 10.6. The topological polar surface area (TPSA) is 8.88 Å². The van der Waals surface area contributed by atoms with Gasteiger partial charge in [0, 0.05) is 0 Å². The molecule has 0 saturated carbocycles. The molecule has 2 rings (SSSR count). The Kier molecular flexibility index (Phi) is 5.36. The molecule has 2 saturated heterocycles. The Labute approximate surface area is 100 Å². The Morgan fingerprint density at radius 1 is 0.562 bits per heavy atom. The van der Waals surface area contributed by atoms with Crippen LogP contribution in [0.1, 0.15) is 38.5 Å². The van der Waals surface area contributed by atoms with Crippen LogP contribution in [0.15, 0.2) is 12.2 Å². The summed E-state index contributed by atoms with van der Waals surface area (Å²) in [6.45, 7) is 8.16. The quantitative estimate of drug-likeness (QED) is 0.606. The molecule has 0 unspecified atom stereocenters. The van der Waals surface area contributed by atoms with E-state index >= 15 is 0 Å². The van der Waals surface area contributed by atoms with E-state index in [1.54, 1.807) is 9.80 Å². The van der Waals surface area contributed by atoms with E-state index in [1.807, 2.05) is 0 Å². The van der Waals surface area contributed by atoms with Crippen LogP contribution in [0.5, 0.6) is 0 Å². The Balaban J connectivity index is 1.57. The Morgan fingerprint density at radius 2 is 0.938 bits per heavy atom. The molecule has 2 N–H and O–H groups in total. The average Bonchev–Trinajstić information content (AvgIpc) is 2.37. The lowest BCUT2D eigenvalue weighted by Crippen LogP contribution is -3.13. The molecule has 2 nitrogen and oxygen atoms in total. The Morgan fingerprint density at radius 3 is 1.31 bits per heavy atom. The minimum atomic E-state index is 1.27. The highest BCUT2D eigenvalue weighted by molar-refractivity contribution is 4.80. The Bertz CT molecular complexity index is 179. The van der Waals surface area contributed by atoms with Gasteiger partial charge in [0.1, 0.15) is 0 Å². The van der Waals surface area contributed by atoms with Gasteiger partial charge in [-0.3, -0.25) is 0 Å². The zero-order valence-electron chi connectivity index (χ0n) is 10.6. The fraction of sp³-hybridized carbons (Fsp3) is 0.857. The molecule has 2 heteroatoms. The van der Waals surface area contributed by atoms with Crippen LogP contribution in [0.25, 0.3) is 0 Å². The van der Waals surface area contributed by atoms with Crippen LogP contribution in [0.4, 0.5) is 0 Å². The molecule has 0 aromatic rings. The average molecular weight is 224 g/mol. The summed E-state index contributed by atoms with van der Waals surface area (Å²) in [4.78, 5) is 3.60. The smallest absolute Gasteiger partial charge is 0.0960 e. The molecular weight excluding hydrogens is 196 g/mol. The number of piperidine rings is 2. The minimum absolute atomic E-state index is 1.27. The van der Waals surface area contributed by atoms with Crippen molar-refractivity contribution in [2.24, 2.45) is 0 Å². The van der Waals surface area contributed by atoms with Crippen LogP contribution in [0.3, 0.4) is 0 Å². The summed E-state index contributed by atoms with van der Waals surface area (Å²) in [5.41, 5.74) is 0. The van der Waals surface area contributed by atoms with E-state index < -0.39 is 0 Å². The van der Waals surface area contributed by atoms with Gasteiger partial charge in [0.05, 0.1) is 39.3 Å². The molecule has 2 aliphatic rings. The van der Waals surface area contributed by atoms with Crippen molar-refractivity contribution < 1.29 is 9.80 Å². The number of quaternary nitrogens is 2. The summed E-state index contributed by atoms with van der Waals surface area (Å²) in [5, 5.41) is 0. The van der Waals surface area contributed by atoms with Crippen LogP contribution >= 0.6 is 0 Å². The van der Waals surface area contributed by atoms with E-state index in [-0.39, 0.29) is 0 Å². The number of rotatable bonds is 4. The van der Waals surface area contributed by atoms with E-state index in [0.717, 1.165) is 0 Å². The fourth-order valence-electron chi connectivity index (χ4n) is 3.01. The van der Waals surface area contributed by atoms with Crippen molar-refractivity contribution in [1.82, 2.24) is 0 Å². The van der Waals surface area contributed by atoms with E-state index in [4.69, 9.17) is 0 Å². The highest BCUT2D eigenvalue weighted by Crippen LogP contribution is 1.95. The predicted molar refractivity (Wildman–Crippen MR) is 68.0 cm³/mol. The van der Waals surface area contributed by atoms with Gasteiger partial charge < -0.3 is 9.80 Å². The van der Waals surface area contributed by atoms with Crippen molar-refractivity contribution in [2.75, 3.05) is 39.3 Å². The maximum Gasteiger partial charge on any atom is 0.0960 e. The SMILES string of the molecule is C(=C\C[NH+]1CCCCC1)/C[NH+]1CCCCC1. The molecule has 2 heterocycles. The highest BCUT2D eigenvalue weighted by Gasteiger charge is 2.12. The number of likely N-dealkylation sites (tertiary alicyclic amines) is 2. The first-order valence-electron chi connectivity index (χ1n) is 7.27. The van der Waals surface area contributed by atoms with Crippen LogP contribution in [-0.4, -0.2) is 39.3 Å². The van der Waals surface area contributed by atoms with Crippen LogP contribution in [-0.2, 0) is 0 Å². The molecular formula is C14H28N2+2. The molecule has 2 fully saturated rings. The summed E-state index contributed by atoms with van der Waals surface area (Å²) >= 11 is 0. The number of hydrogen-bond acceptors (Lipinski definition) is 0. The zero-order chi connectivity index (χ0) is 11.1. The lowest BCUT2D eigenvalue weighted by atomic mass is 10.1. The lowest BCUT2D eigenvalue weighted by molar-refractivity contribution is -0.901. The molecule has 16 heavy (non-hydrogen) atoms. The molecule has 0 atom stereocenters. The van der Waals surface area contributed by atoms with Crippen LogP contribution < -0.4 is 9.80 Å². The van der Waals surface area contributed by atoms with Gasteiger partial charge in [0.25, 0.3) is 0 Å². The van der Waals surface area contributed by atoms with Crippen LogP contribution in [0.2, 0.25) is 0 Å². The monoisotopic (exact) mass is 224 g/mol. The standard InChI is InChI=1S/C14H26N2/c1-3-9-15(10-4-1)13-7-8-14-16-11-5-2-6-12-16/h7-8H,1-6,9-14H2/p+2/b8-7+. The van der Waals surface area contributed by atoms with Crippen molar-refractivity contribution in [3.63, 3.8) is 0 Å². The number of nitrogens with one attached hydrogen (secondary N) is 2. The van der Waals surface area contributed by atoms with E-state index in [1.165, 1.54) is 77.8 Å². The third-order valence-corrected chi connectivity index (χ3v) is 4.10. The molecule has 0 spiro atoms. The molecule has 0 bridgehead atoms. The maximum atomic E-state index is 2.43. The second kappa shape index (κ2) is 7.08. The first-order chi connectivity index (χ1) is 7.95. The van der Waals surface area contributed by atoms with E-state index in [0.29, 0.717) is 0 Å². The van der Waals surface area contributed by atoms with Gasteiger partial charge in [0.2, 0.25) is 0 Å². The molecule has 0 aromatic carbocycles. The summed E-state index contributed by atoms with van der Waals surface area (Å²) in [6, 6.07) is 0. The highest BCUT2D eigenvalue weighted by atomic mass is 15.1. The molecule has 0 aromatic heterocycles. The van der Waals surface area contributed by atoms with E-state index in [2.05, 4.69) is 12.2 Å². The minimum Gasteiger partial charge on any atom is -0.332 e. The second-order valence-electron chi connectivity index (χ2n) is 5.50. The molecule has 2 aliphatic heterocycles. The van der Waals surface area contributed by atoms with Gasteiger partial charge in [-0.1, -0.05) is 0 Å². The maximum absolute atomic E-state index is 2.43. The van der Waals surface area contributed by atoms with Crippen LogP contribution in [0, 0.1) is 0 Å². The first kappa shape index (κ1) is 12.1. The third-order valence-electron chi connectivity index (χ3n) is 4.10. The lowest BCUT2D eigenvalue weighted by Gasteiger charge is -2.23. The van der Waals surface area contributed by atoms with Gasteiger partial charge in [-0.2, -0.15) is 0 Å². The van der Waals surface area contributed by atoms with Gasteiger partial charge in [-0.15, -0.1) is 0 Å². The molecule has 0 aliphatic carbocycles. The van der Waals surface area contributed by atoms with Gasteiger partial charge in [-0.25, -0.2) is 0 Å². The van der Waals surface area contributed by atoms with Crippen molar-refractivity contribution in [1.29, 1.82) is 0 Å². The van der Waals surface area contributed by atoms with Crippen molar-refractivity contribution in [2.45, 2.75) is 38.5 Å². The van der Waals surface area contributed by atoms with Crippen molar-refractivity contribution >= 4 is 0 Å². The Hall–Kier alpha value is -0.340. The molecule has 0 amide bonds. The first-order valence-corrected chi connectivity index (χ1v) is 7.27. The number of hydrogen-bond donors (Lipinski definition) is 2. The van der Waals surface area contributed by atoms with Crippen molar-refractivity contribution in [3.8, 4) is 0 Å². The second-order valence-corrected chi connectivity index (χ2v) is 5.50. The molecule has 92 valence electrons. The molecule has 0 radical (unpaired) electrons. The van der Waals surface area contributed by atoms with Gasteiger partial charge in [0.15, 0.2) is 0 Å². The predicted octanol–water partition coefficient (Wildman–Crippen LogP) is -0.320. The normalized spacial score (nSPS) is 25.2. The summed E-state index contributed by atoms with van der Waals surface area (Å²) in [7, 11) is 0. The van der Waals surface area contributed by atoms with Crippen molar-refractivity contribution in [3.05, 3.63) is 12.2 Å². The van der Waals surface area contributed by atoms with Gasteiger partial charge in [-0.05, 0) is 50.7 Å². The summed E-state index contributed by atoms with van der Waals surface area (Å²) in [6.07, 6.45) is 13.6. The largest absolute Gasteiger partial charge is 0.332 e. The summed E-state index contributed by atoms with van der Waals surface area (Å²) < 4.78 is 0. The van der Waals surface area contributed by atoms with Gasteiger partial charge >= 0.3 is 0 Å².